The van der Waals surface area contributed by atoms with Crippen molar-refractivity contribution < 1.29 is 19.5 Å². The smallest absolute Gasteiger partial charge is 0.400 e. The van der Waals surface area contributed by atoms with Crippen LogP contribution >= 0.6 is 15.9 Å². The number of aliphatic hydroxyl groups is 2. The Balaban J connectivity index is 2.29. The number of halogens is 1. The van der Waals surface area contributed by atoms with Gasteiger partial charge in [0, 0.05) is 4.47 Å². The first-order valence-corrected chi connectivity index (χ1v) is 8.06. The summed E-state index contributed by atoms with van der Waals surface area (Å²) < 4.78 is 12.8. The number of aliphatic hydroxyl groups excluding tert-OH is 2. The van der Waals surface area contributed by atoms with Crippen molar-refractivity contribution in [1.82, 2.24) is 0 Å². The molecule has 0 unspecified atom stereocenters. The highest BCUT2D eigenvalue weighted by molar-refractivity contribution is 9.10. The molecule has 4 nitrogen and oxygen atoms in total. The van der Waals surface area contributed by atoms with E-state index in [-0.39, 0.29) is 13.2 Å². The maximum absolute atomic E-state index is 9.68. The zero-order chi connectivity index (χ0) is 16.5. The average Bonchev–Trinajstić information content (AvgIpc) is 2.66. The summed E-state index contributed by atoms with van der Waals surface area (Å²) in [5.74, 6) is 0. The topological polar surface area (TPSA) is 58.9 Å². The predicted octanol–water partition coefficient (Wildman–Crippen LogP) is 2.95. The van der Waals surface area contributed by atoms with Crippen LogP contribution in [0.2, 0.25) is 0 Å². The third-order valence-corrected chi connectivity index (χ3v) is 5.10. The van der Waals surface area contributed by atoms with Crippen LogP contribution in [0, 0.1) is 0 Å². The molecule has 22 heavy (non-hydrogen) atoms. The maximum atomic E-state index is 9.68. The summed E-state index contributed by atoms with van der Waals surface area (Å²) in [6.07, 6.45) is 1.84. The molecule has 0 atom stereocenters. The number of rotatable bonds is 4. The molecule has 0 saturated carbocycles. The first kappa shape index (κ1) is 17.7. The van der Waals surface area contributed by atoms with Crippen LogP contribution in [0.15, 0.2) is 28.1 Å². The van der Waals surface area contributed by atoms with Crippen LogP contribution < -0.4 is 0 Å². The molecule has 6 heteroatoms. The van der Waals surface area contributed by atoms with Gasteiger partial charge in [-0.05, 0) is 56.4 Å². The van der Waals surface area contributed by atoms with Gasteiger partial charge in [0.2, 0.25) is 0 Å². The Morgan fingerprint density at radius 1 is 1.18 bits per heavy atom. The molecular formula is C16H22BBrO4. The Morgan fingerprint density at radius 3 is 2.27 bits per heavy atom. The highest BCUT2D eigenvalue weighted by Crippen LogP contribution is 2.38. The van der Waals surface area contributed by atoms with Gasteiger partial charge in [0.25, 0.3) is 0 Å². The molecule has 2 N–H and O–H groups in total. The van der Waals surface area contributed by atoms with Crippen molar-refractivity contribution >= 4 is 29.1 Å². The van der Waals surface area contributed by atoms with Gasteiger partial charge >= 0.3 is 7.12 Å². The van der Waals surface area contributed by atoms with Crippen LogP contribution in [0.25, 0.3) is 6.08 Å². The summed E-state index contributed by atoms with van der Waals surface area (Å²) in [6, 6.07) is 5.64. The molecule has 0 aromatic heterocycles. The second kappa shape index (κ2) is 6.45. The van der Waals surface area contributed by atoms with E-state index in [4.69, 9.17) is 9.31 Å². The molecule has 0 spiro atoms. The number of benzene rings is 1. The van der Waals surface area contributed by atoms with Crippen LogP contribution in [0.4, 0.5) is 0 Å². The largest absolute Gasteiger partial charge is 0.492 e. The van der Waals surface area contributed by atoms with E-state index in [0.29, 0.717) is 5.47 Å². The molecule has 1 heterocycles. The Hall–Kier alpha value is -0.655. The van der Waals surface area contributed by atoms with Gasteiger partial charge in [0.05, 0.1) is 24.4 Å². The van der Waals surface area contributed by atoms with Crippen molar-refractivity contribution in [1.29, 1.82) is 0 Å². The minimum Gasteiger partial charge on any atom is -0.400 e. The van der Waals surface area contributed by atoms with Crippen LogP contribution in [0.5, 0.6) is 0 Å². The molecule has 120 valence electrons. The lowest BCUT2D eigenvalue weighted by Gasteiger charge is -2.32. The van der Waals surface area contributed by atoms with Gasteiger partial charge in [-0.25, -0.2) is 0 Å². The van der Waals surface area contributed by atoms with E-state index < -0.39 is 18.3 Å². The van der Waals surface area contributed by atoms with E-state index in [9.17, 15) is 10.2 Å². The monoisotopic (exact) mass is 368 g/mol. The van der Waals surface area contributed by atoms with Gasteiger partial charge in [-0.2, -0.15) is 0 Å². The van der Waals surface area contributed by atoms with E-state index in [2.05, 4.69) is 15.9 Å². The lowest BCUT2D eigenvalue weighted by Crippen LogP contribution is -2.41. The molecule has 0 radical (unpaired) electrons. The van der Waals surface area contributed by atoms with E-state index in [0.717, 1.165) is 15.6 Å². The van der Waals surface area contributed by atoms with Crippen molar-refractivity contribution in [3.63, 3.8) is 0 Å². The normalized spacial score (nSPS) is 20.5. The summed E-state index contributed by atoms with van der Waals surface area (Å²) in [4.78, 5) is 0. The molecule has 2 rings (SSSR count). The van der Waals surface area contributed by atoms with Gasteiger partial charge in [-0.1, -0.05) is 28.1 Å². The van der Waals surface area contributed by atoms with Gasteiger partial charge in [-0.3, -0.25) is 0 Å². The Bertz CT molecular complexity index is 568. The molecular weight excluding hydrogens is 347 g/mol. The van der Waals surface area contributed by atoms with Crippen molar-refractivity contribution in [3.8, 4) is 0 Å². The van der Waals surface area contributed by atoms with Crippen LogP contribution in [-0.2, 0) is 15.9 Å². The van der Waals surface area contributed by atoms with Crippen molar-refractivity contribution in [2.24, 2.45) is 0 Å². The molecule has 1 aromatic rings. The standard InChI is InChI=1S/C16H22BBrO4/c1-15(2)16(3,4)22-17(21-15)13(10-20)8-11-5-6-14(18)12(7-11)9-19/h5-8,19-20H,9-10H2,1-4H3. The van der Waals surface area contributed by atoms with E-state index in [1.807, 2.05) is 52.0 Å². The Kier molecular flexibility index (Phi) is 5.19. The fraction of sp³-hybridized carbons (Fsp3) is 0.500. The van der Waals surface area contributed by atoms with Crippen molar-refractivity contribution in [2.75, 3.05) is 6.61 Å². The second-order valence-corrected chi connectivity index (χ2v) is 7.33. The summed E-state index contributed by atoms with van der Waals surface area (Å²) in [5.41, 5.74) is 1.44. The third-order valence-electron chi connectivity index (χ3n) is 4.33. The summed E-state index contributed by atoms with van der Waals surface area (Å²) in [5, 5.41) is 19.0. The molecule has 1 aliphatic rings. The predicted molar refractivity (Wildman–Crippen MR) is 91.2 cm³/mol. The zero-order valence-corrected chi connectivity index (χ0v) is 15.0. The first-order chi connectivity index (χ1) is 10.2. The van der Waals surface area contributed by atoms with E-state index in [1.54, 1.807) is 0 Å². The molecule has 0 bridgehead atoms. The van der Waals surface area contributed by atoms with Crippen LogP contribution in [-0.4, -0.2) is 35.1 Å². The van der Waals surface area contributed by atoms with Gasteiger partial charge in [0.15, 0.2) is 0 Å². The van der Waals surface area contributed by atoms with Gasteiger partial charge < -0.3 is 19.5 Å². The van der Waals surface area contributed by atoms with E-state index in [1.165, 1.54) is 0 Å². The lowest BCUT2D eigenvalue weighted by molar-refractivity contribution is 0.00578. The van der Waals surface area contributed by atoms with Crippen LogP contribution in [0.3, 0.4) is 0 Å². The molecule has 1 aliphatic heterocycles. The number of hydrogen-bond acceptors (Lipinski definition) is 4. The molecule has 1 saturated heterocycles. The molecule has 0 amide bonds. The van der Waals surface area contributed by atoms with Gasteiger partial charge in [-0.15, -0.1) is 0 Å². The quantitative estimate of drug-likeness (QED) is 0.802. The third kappa shape index (κ3) is 3.47. The molecule has 1 aromatic carbocycles. The fourth-order valence-electron chi connectivity index (χ4n) is 2.20. The summed E-state index contributed by atoms with van der Waals surface area (Å²) in [6.45, 7) is 7.71. The average molecular weight is 369 g/mol. The summed E-state index contributed by atoms with van der Waals surface area (Å²) in [7, 11) is -0.573. The number of hydrogen-bond donors (Lipinski definition) is 2. The Morgan fingerprint density at radius 2 is 1.77 bits per heavy atom. The van der Waals surface area contributed by atoms with Crippen LogP contribution in [0.1, 0.15) is 38.8 Å². The Labute approximate surface area is 140 Å². The summed E-state index contributed by atoms with van der Waals surface area (Å²) >= 11 is 3.39. The molecule has 0 aliphatic carbocycles. The van der Waals surface area contributed by atoms with E-state index >= 15 is 0 Å². The highest BCUT2D eigenvalue weighted by Gasteiger charge is 2.52. The minimum absolute atomic E-state index is 0.0484. The second-order valence-electron chi connectivity index (χ2n) is 6.47. The zero-order valence-electron chi connectivity index (χ0n) is 13.4. The SMILES string of the molecule is CC1(C)OB(C(=Cc2ccc(Br)c(CO)c2)CO)OC1(C)C. The minimum atomic E-state index is -0.573. The maximum Gasteiger partial charge on any atom is 0.492 e. The van der Waals surface area contributed by atoms with Crippen molar-refractivity contribution in [3.05, 3.63) is 39.3 Å². The molecule has 1 fully saturated rings. The highest BCUT2D eigenvalue weighted by atomic mass is 79.9. The van der Waals surface area contributed by atoms with Crippen molar-refractivity contribution in [2.45, 2.75) is 45.5 Å². The fourth-order valence-corrected chi connectivity index (χ4v) is 2.57. The van der Waals surface area contributed by atoms with Gasteiger partial charge in [0.1, 0.15) is 0 Å². The first-order valence-electron chi connectivity index (χ1n) is 7.26. The lowest BCUT2D eigenvalue weighted by atomic mass is 9.77.